The van der Waals surface area contributed by atoms with E-state index in [0.717, 1.165) is 15.7 Å². The van der Waals surface area contributed by atoms with Crippen molar-refractivity contribution in [2.45, 2.75) is 33.2 Å². The van der Waals surface area contributed by atoms with Crippen molar-refractivity contribution in [3.8, 4) is 0 Å². The van der Waals surface area contributed by atoms with Gasteiger partial charge in [-0.2, -0.15) is 0 Å². The Labute approximate surface area is 112 Å². The van der Waals surface area contributed by atoms with Crippen LogP contribution in [0.5, 0.6) is 0 Å². The Balaban J connectivity index is 2.24. The van der Waals surface area contributed by atoms with Crippen molar-refractivity contribution < 1.29 is 0 Å². The second-order valence-corrected chi connectivity index (χ2v) is 5.81. The van der Waals surface area contributed by atoms with Gasteiger partial charge in [-0.05, 0) is 30.0 Å². The first-order valence-corrected chi connectivity index (χ1v) is 6.94. The minimum atomic E-state index is 0.530. The largest absolute Gasteiger partial charge is 0.331 e. The fourth-order valence-corrected chi connectivity index (χ4v) is 2.41. The number of aromatic nitrogens is 1. The van der Waals surface area contributed by atoms with E-state index in [0.29, 0.717) is 12.5 Å². The van der Waals surface area contributed by atoms with Crippen molar-refractivity contribution >= 4 is 22.2 Å². The van der Waals surface area contributed by atoms with Crippen molar-refractivity contribution in [2.75, 3.05) is 5.32 Å². The van der Waals surface area contributed by atoms with Gasteiger partial charge in [0.2, 0.25) is 0 Å². The number of aryl methyl sites for hydroxylation is 1. The van der Waals surface area contributed by atoms with E-state index in [1.54, 1.807) is 11.3 Å². The average molecular weight is 261 g/mol. The third-order valence-electron chi connectivity index (χ3n) is 2.92. The number of nitrogens with zero attached hydrogens (tertiary/aromatic N) is 1. The lowest BCUT2D eigenvalue weighted by Crippen LogP contribution is -1.95. The summed E-state index contributed by atoms with van der Waals surface area (Å²) in [5.74, 6) is 0.530. The molecule has 0 unspecified atom stereocenters. The predicted octanol–water partition coefficient (Wildman–Crippen LogP) is 3.78. The Hall–Kier alpha value is -1.39. The molecule has 1 heterocycles. The molecule has 96 valence electrons. The molecule has 18 heavy (non-hydrogen) atoms. The van der Waals surface area contributed by atoms with Crippen LogP contribution < -0.4 is 11.1 Å². The third kappa shape index (κ3) is 2.89. The molecule has 0 aliphatic rings. The van der Waals surface area contributed by atoms with Gasteiger partial charge in [-0.25, -0.2) is 4.98 Å². The molecule has 0 aliphatic heterocycles. The molecule has 1 aromatic carbocycles. The molecule has 1 aromatic heterocycles. The highest BCUT2D eigenvalue weighted by Crippen LogP contribution is 2.27. The second-order valence-electron chi connectivity index (χ2n) is 4.69. The van der Waals surface area contributed by atoms with Gasteiger partial charge in [-0.1, -0.05) is 26.0 Å². The average Bonchev–Trinajstić information content (AvgIpc) is 2.79. The molecular formula is C14H19N3S. The van der Waals surface area contributed by atoms with E-state index in [2.05, 4.69) is 49.3 Å². The molecule has 3 N–H and O–H groups in total. The summed E-state index contributed by atoms with van der Waals surface area (Å²) in [6.45, 7) is 7.04. The van der Waals surface area contributed by atoms with Gasteiger partial charge >= 0.3 is 0 Å². The van der Waals surface area contributed by atoms with Gasteiger partial charge in [-0.3, -0.25) is 0 Å². The maximum atomic E-state index is 5.59. The summed E-state index contributed by atoms with van der Waals surface area (Å²) in [5.41, 5.74) is 9.28. The van der Waals surface area contributed by atoms with Crippen LogP contribution in [0.15, 0.2) is 24.4 Å². The highest BCUT2D eigenvalue weighted by molar-refractivity contribution is 7.15. The number of rotatable bonds is 4. The second kappa shape index (κ2) is 5.50. The van der Waals surface area contributed by atoms with E-state index in [-0.39, 0.29) is 0 Å². The Morgan fingerprint density at radius 2 is 2.17 bits per heavy atom. The van der Waals surface area contributed by atoms with E-state index < -0.39 is 0 Å². The SMILES string of the molecule is Cc1ccc(C(C)C)cc1Nc1ncc(CN)s1. The van der Waals surface area contributed by atoms with E-state index in [1.807, 2.05) is 6.20 Å². The number of thiazole rings is 1. The maximum Gasteiger partial charge on any atom is 0.187 e. The van der Waals surface area contributed by atoms with Crippen molar-refractivity contribution in [3.05, 3.63) is 40.4 Å². The zero-order valence-corrected chi connectivity index (χ0v) is 11.8. The summed E-state index contributed by atoms with van der Waals surface area (Å²) in [7, 11) is 0. The normalized spacial score (nSPS) is 10.9. The zero-order chi connectivity index (χ0) is 13.1. The summed E-state index contributed by atoms with van der Waals surface area (Å²) >= 11 is 1.60. The number of anilines is 2. The monoisotopic (exact) mass is 261 g/mol. The molecule has 0 saturated heterocycles. The van der Waals surface area contributed by atoms with Crippen LogP contribution in [-0.4, -0.2) is 4.98 Å². The lowest BCUT2D eigenvalue weighted by molar-refractivity contribution is 0.866. The number of nitrogens with one attached hydrogen (secondary N) is 1. The van der Waals surface area contributed by atoms with Crippen LogP contribution in [0, 0.1) is 6.92 Å². The molecule has 3 nitrogen and oxygen atoms in total. The summed E-state index contributed by atoms with van der Waals surface area (Å²) in [4.78, 5) is 5.42. The van der Waals surface area contributed by atoms with Crippen LogP contribution in [0.25, 0.3) is 0 Å². The first kappa shape index (κ1) is 13.1. The molecule has 0 aliphatic carbocycles. The van der Waals surface area contributed by atoms with Crippen LogP contribution in [0.1, 0.15) is 35.8 Å². The quantitative estimate of drug-likeness (QED) is 0.880. The van der Waals surface area contributed by atoms with Crippen LogP contribution >= 0.6 is 11.3 Å². The third-order valence-corrected chi connectivity index (χ3v) is 3.86. The maximum absolute atomic E-state index is 5.59. The molecule has 0 amide bonds. The van der Waals surface area contributed by atoms with Crippen molar-refractivity contribution in [2.24, 2.45) is 5.73 Å². The minimum Gasteiger partial charge on any atom is -0.331 e. The van der Waals surface area contributed by atoms with Gasteiger partial charge in [0.1, 0.15) is 0 Å². The van der Waals surface area contributed by atoms with E-state index in [9.17, 15) is 0 Å². The number of nitrogens with two attached hydrogens (primary N) is 1. The Morgan fingerprint density at radius 3 is 2.78 bits per heavy atom. The lowest BCUT2D eigenvalue weighted by atomic mass is 10.0. The molecular weight excluding hydrogens is 242 g/mol. The smallest absolute Gasteiger partial charge is 0.187 e. The van der Waals surface area contributed by atoms with Gasteiger partial charge in [-0.15, -0.1) is 11.3 Å². The molecule has 0 saturated carbocycles. The Kier molecular flexibility index (Phi) is 3.99. The summed E-state index contributed by atoms with van der Waals surface area (Å²) in [6.07, 6.45) is 1.83. The Morgan fingerprint density at radius 1 is 1.39 bits per heavy atom. The van der Waals surface area contributed by atoms with E-state index in [4.69, 9.17) is 5.73 Å². The number of hydrogen-bond donors (Lipinski definition) is 2. The van der Waals surface area contributed by atoms with Crippen LogP contribution in [-0.2, 0) is 6.54 Å². The topological polar surface area (TPSA) is 50.9 Å². The lowest BCUT2D eigenvalue weighted by Gasteiger charge is -2.11. The van der Waals surface area contributed by atoms with Gasteiger partial charge < -0.3 is 11.1 Å². The summed E-state index contributed by atoms with van der Waals surface area (Å²) < 4.78 is 0. The fraction of sp³-hybridized carbons (Fsp3) is 0.357. The van der Waals surface area contributed by atoms with Crippen molar-refractivity contribution in [3.63, 3.8) is 0 Å². The van der Waals surface area contributed by atoms with Gasteiger partial charge in [0.15, 0.2) is 5.13 Å². The molecule has 2 rings (SSSR count). The standard InChI is InChI=1S/C14H19N3S/c1-9(2)11-5-4-10(3)13(6-11)17-14-16-8-12(7-15)18-14/h4-6,8-9H,7,15H2,1-3H3,(H,16,17). The number of benzene rings is 1. The van der Waals surface area contributed by atoms with E-state index in [1.165, 1.54) is 11.1 Å². The van der Waals surface area contributed by atoms with Gasteiger partial charge in [0, 0.05) is 23.3 Å². The fourth-order valence-electron chi connectivity index (χ4n) is 1.71. The molecule has 0 fully saturated rings. The van der Waals surface area contributed by atoms with E-state index >= 15 is 0 Å². The molecule has 0 spiro atoms. The zero-order valence-electron chi connectivity index (χ0n) is 11.0. The summed E-state index contributed by atoms with van der Waals surface area (Å²) in [6, 6.07) is 6.52. The van der Waals surface area contributed by atoms with Crippen LogP contribution in [0.3, 0.4) is 0 Å². The van der Waals surface area contributed by atoms with Crippen LogP contribution in [0.4, 0.5) is 10.8 Å². The molecule has 0 atom stereocenters. The summed E-state index contributed by atoms with van der Waals surface area (Å²) in [5, 5.41) is 4.28. The molecule has 4 heteroatoms. The number of hydrogen-bond acceptors (Lipinski definition) is 4. The van der Waals surface area contributed by atoms with Crippen molar-refractivity contribution in [1.29, 1.82) is 0 Å². The first-order chi connectivity index (χ1) is 8.60. The molecule has 2 aromatic rings. The van der Waals surface area contributed by atoms with Gasteiger partial charge in [0.25, 0.3) is 0 Å². The highest BCUT2D eigenvalue weighted by atomic mass is 32.1. The van der Waals surface area contributed by atoms with Crippen molar-refractivity contribution in [1.82, 2.24) is 4.98 Å². The highest BCUT2D eigenvalue weighted by Gasteiger charge is 2.06. The first-order valence-electron chi connectivity index (χ1n) is 6.12. The predicted molar refractivity (Wildman–Crippen MR) is 78.6 cm³/mol. The van der Waals surface area contributed by atoms with Crippen LogP contribution in [0.2, 0.25) is 0 Å². The molecule has 0 radical (unpaired) electrons. The van der Waals surface area contributed by atoms with Gasteiger partial charge in [0.05, 0.1) is 0 Å². The molecule has 0 bridgehead atoms. The minimum absolute atomic E-state index is 0.530. The Bertz CT molecular complexity index is 532.